The third kappa shape index (κ3) is 2.37. The van der Waals surface area contributed by atoms with Gasteiger partial charge < -0.3 is 20.4 Å². The summed E-state index contributed by atoms with van der Waals surface area (Å²) in [6, 6.07) is 6.44. The number of hydrogen-bond donors (Lipinski definition) is 4. The number of benzene rings is 2. The summed E-state index contributed by atoms with van der Waals surface area (Å²) < 4.78 is 0. The monoisotopic (exact) mass is 274 g/mol. The maximum Gasteiger partial charge on any atom is 0.161 e. The van der Waals surface area contributed by atoms with E-state index in [2.05, 4.69) is 0 Å². The predicted molar refractivity (Wildman–Crippen MR) is 76.5 cm³/mol. The number of aryl methyl sites for hydroxylation is 2. The van der Waals surface area contributed by atoms with Gasteiger partial charge in [0.1, 0.15) is 0 Å². The molecule has 4 nitrogen and oxygen atoms in total. The topological polar surface area (TPSA) is 80.9 Å². The van der Waals surface area contributed by atoms with E-state index in [-0.39, 0.29) is 28.9 Å². The number of hydrogen-bond acceptors (Lipinski definition) is 4. The van der Waals surface area contributed by atoms with Crippen LogP contribution < -0.4 is 0 Å². The van der Waals surface area contributed by atoms with Crippen molar-refractivity contribution < 1.29 is 20.4 Å². The van der Waals surface area contributed by atoms with Crippen LogP contribution in [0.2, 0.25) is 0 Å². The summed E-state index contributed by atoms with van der Waals surface area (Å²) in [5.41, 5.74) is 2.61. The first-order valence-corrected chi connectivity index (χ1v) is 6.36. The Balaban J connectivity index is 2.60. The number of rotatable bonds is 2. The minimum absolute atomic E-state index is 0.191. The normalized spacial score (nSPS) is 11.0. The average Bonchev–Trinajstić information content (AvgIpc) is 2.37. The Hall–Kier alpha value is -2.36. The summed E-state index contributed by atoms with van der Waals surface area (Å²) in [4.78, 5) is 0. The van der Waals surface area contributed by atoms with Crippen LogP contribution in [-0.4, -0.2) is 20.4 Å². The molecule has 0 aliphatic rings. The zero-order valence-corrected chi connectivity index (χ0v) is 11.7. The first kappa shape index (κ1) is 14.1. The molecule has 2 aromatic rings. The Morgan fingerprint density at radius 2 is 1.05 bits per heavy atom. The minimum Gasteiger partial charge on any atom is -0.504 e. The lowest BCUT2D eigenvalue weighted by atomic mass is 9.89. The highest BCUT2D eigenvalue weighted by Gasteiger charge is 2.20. The average molecular weight is 274 g/mol. The van der Waals surface area contributed by atoms with Crippen LogP contribution in [0.3, 0.4) is 0 Å². The fourth-order valence-corrected chi connectivity index (χ4v) is 2.40. The van der Waals surface area contributed by atoms with E-state index >= 15 is 0 Å². The zero-order valence-electron chi connectivity index (χ0n) is 11.7. The van der Waals surface area contributed by atoms with Crippen molar-refractivity contribution in [1.82, 2.24) is 0 Å². The highest BCUT2D eigenvalue weighted by molar-refractivity contribution is 5.56. The van der Waals surface area contributed by atoms with Crippen molar-refractivity contribution in [3.05, 3.63) is 46.5 Å². The summed E-state index contributed by atoms with van der Waals surface area (Å²) in [7, 11) is 0. The summed E-state index contributed by atoms with van der Waals surface area (Å²) in [6.07, 6.45) is 0. The molecule has 0 aliphatic carbocycles. The third-order valence-corrected chi connectivity index (χ3v) is 3.46. The lowest BCUT2D eigenvalue weighted by molar-refractivity contribution is 0.391. The molecule has 0 fully saturated rings. The molecule has 0 atom stereocenters. The van der Waals surface area contributed by atoms with E-state index in [9.17, 15) is 20.4 Å². The second-order valence-corrected chi connectivity index (χ2v) is 5.17. The molecule has 0 amide bonds. The largest absolute Gasteiger partial charge is 0.504 e. The van der Waals surface area contributed by atoms with Gasteiger partial charge in [0.2, 0.25) is 0 Å². The van der Waals surface area contributed by atoms with Gasteiger partial charge in [-0.1, -0.05) is 19.1 Å². The van der Waals surface area contributed by atoms with Gasteiger partial charge in [0.25, 0.3) is 0 Å². The molecule has 4 N–H and O–H groups in total. The van der Waals surface area contributed by atoms with Gasteiger partial charge >= 0.3 is 0 Å². The highest BCUT2D eigenvalue weighted by atomic mass is 16.3. The lowest BCUT2D eigenvalue weighted by Gasteiger charge is -2.18. The number of aromatic hydroxyl groups is 4. The predicted octanol–water partition coefficient (Wildman–Crippen LogP) is 3.28. The van der Waals surface area contributed by atoms with Gasteiger partial charge in [0.15, 0.2) is 23.0 Å². The summed E-state index contributed by atoms with van der Waals surface area (Å²) >= 11 is 0. The second kappa shape index (κ2) is 4.96. The molecule has 0 bridgehead atoms. The molecule has 4 heteroatoms. The van der Waals surface area contributed by atoms with E-state index in [1.807, 2.05) is 13.8 Å². The molecule has 20 heavy (non-hydrogen) atoms. The van der Waals surface area contributed by atoms with E-state index < -0.39 is 0 Å². The van der Waals surface area contributed by atoms with Crippen LogP contribution in [0.4, 0.5) is 0 Å². The van der Waals surface area contributed by atoms with Crippen molar-refractivity contribution >= 4 is 0 Å². The molecule has 2 rings (SSSR count). The molecule has 0 saturated carbocycles. The van der Waals surface area contributed by atoms with Crippen molar-refractivity contribution in [2.75, 3.05) is 0 Å². The molecule has 0 aliphatic heterocycles. The van der Waals surface area contributed by atoms with Crippen molar-refractivity contribution in [1.29, 1.82) is 0 Å². The molecule has 0 saturated heterocycles. The van der Waals surface area contributed by atoms with Crippen LogP contribution in [0.15, 0.2) is 24.3 Å². The lowest BCUT2D eigenvalue weighted by Crippen LogP contribution is -1.99. The van der Waals surface area contributed by atoms with Crippen LogP contribution in [0.1, 0.15) is 35.1 Å². The van der Waals surface area contributed by atoms with E-state index in [1.54, 1.807) is 19.1 Å². The Kier molecular flexibility index (Phi) is 3.49. The molecule has 0 heterocycles. The zero-order chi connectivity index (χ0) is 15.0. The second-order valence-electron chi connectivity index (χ2n) is 5.17. The maximum absolute atomic E-state index is 9.99. The fourth-order valence-electron chi connectivity index (χ4n) is 2.40. The van der Waals surface area contributed by atoms with Crippen LogP contribution >= 0.6 is 0 Å². The Morgan fingerprint density at radius 3 is 1.40 bits per heavy atom. The minimum atomic E-state index is -0.369. The first-order valence-electron chi connectivity index (χ1n) is 6.36. The van der Waals surface area contributed by atoms with Crippen molar-refractivity contribution in [2.24, 2.45) is 0 Å². The summed E-state index contributed by atoms with van der Waals surface area (Å²) in [5, 5.41) is 39.4. The standard InChI is InChI=1S/C16H18O4/c1-8-4-11(15(19)13(17)6-8)10(3)12-5-9(2)7-14(18)16(12)20/h4-7,10,17-20H,1-3H3. The number of phenols is 4. The molecule has 0 radical (unpaired) electrons. The maximum atomic E-state index is 9.99. The summed E-state index contributed by atoms with van der Waals surface area (Å²) in [6.45, 7) is 5.41. The molecular formula is C16H18O4. The van der Waals surface area contributed by atoms with Crippen molar-refractivity contribution in [3.8, 4) is 23.0 Å². The molecule has 0 aromatic heterocycles. The van der Waals surface area contributed by atoms with Gasteiger partial charge in [-0.2, -0.15) is 0 Å². The molecule has 0 unspecified atom stereocenters. The van der Waals surface area contributed by atoms with Crippen molar-refractivity contribution in [2.45, 2.75) is 26.7 Å². The quantitative estimate of drug-likeness (QED) is 0.633. The fraction of sp³-hybridized carbons (Fsp3) is 0.250. The molecule has 106 valence electrons. The highest BCUT2D eigenvalue weighted by Crippen LogP contribution is 2.42. The molecular weight excluding hydrogens is 256 g/mol. The van der Waals surface area contributed by atoms with E-state index in [0.29, 0.717) is 11.1 Å². The van der Waals surface area contributed by atoms with E-state index in [1.165, 1.54) is 12.1 Å². The Morgan fingerprint density at radius 1 is 0.700 bits per heavy atom. The van der Waals surface area contributed by atoms with Crippen LogP contribution in [0.5, 0.6) is 23.0 Å². The number of phenolic OH excluding ortho intramolecular Hbond substituents is 4. The van der Waals surface area contributed by atoms with Gasteiger partial charge in [-0.05, 0) is 37.1 Å². The van der Waals surface area contributed by atoms with Gasteiger partial charge in [-0.25, -0.2) is 0 Å². The van der Waals surface area contributed by atoms with Crippen LogP contribution in [0.25, 0.3) is 0 Å². The van der Waals surface area contributed by atoms with Gasteiger partial charge in [-0.3, -0.25) is 0 Å². The van der Waals surface area contributed by atoms with Gasteiger partial charge in [-0.15, -0.1) is 0 Å². The van der Waals surface area contributed by atoms with Gasteiger partial charge in [0, 0.05) is 17.0 Å². The summed E-state index contributed by atoms with van der Waals surface area (Å²) in [5.74, 6) is -1.16. The van der Waals surface area contributed by atoms with Crippen LogP contribution in [0, 0.1) is 13.8 Å². The molecule has 0 spiro atoms. The third-order valence-electron chi connectivity index (χ3n) is 3.46. The first-order chi connectivity index (χ1) is 9.31. The van der Waals surface area contributed by atoms with E-state index in [4.69, 9.17) is 0 Å². The smallest absolute Gasteiger partial charge is 0.161 e. The van der Waals surface area contributed by atoms with Gasteiger partial charge in [0.05, 0.1) is 0 Å². The Labute approximate surface area is 117 Å². The van der Waals surface area contributed by atoms with E-state index in [0.717, 1.165) is 11.1 Å². The Bertz CT molecular complexity index is 605. The van der Waals surface area contributed by atoms with Crippen molar-refractivity contribution in [3.63, 3.8) is 0 Å². The molecule has 2 aromatic carbocycles. The van der Waals surface area contributed by atoms with Crippen LogP contribution in [-0.2, 0) is 0 Å². The SMILES string of the molecule is Cc1cc(O)c(O)c(C(C)c2cc(C)cc(O)c2O)c1.